The average Bonchev–Trinajstić information content (AvgIpc) is 2.86. The van der Waals surface area contributed by atoms with Gasteiger partial charge >= 0.3 is 11.9 Å². The van der Waals surface area contributed by atoms with E-state index in [1.165, 1.54) is 13.2 Å². The lowest BCUT2D eigenvalue weighted by atomic mass is 9.99. The number of hydrogen-bond acceptors (Lipinski definition) is 7. The van der Waals surface area contributed by atoms with Gasteiger partial charge in [0.2, 0.25) is 0 Å². The lowest BCUT2D eigenvalue weighted by Gasteiger charge is -2.25. The van der Waals surface area contributed by atoms with E-state index in [4.69, 9.17) is 0 Å². The number of methoxy groups -OCH3 is 2. The zero-order valence-corrected chi connectivity index (χ0v) is 18.3. The zero-order valence-electron chi connectivity index (χ0n) is 18.3. The largest absolute Gasteiger partial charge is 0.467 e. The Labute approximate surface area is 191 Å². The van der Waals surface area contributed by atoms with E-state index >= 15 is 0 Å². The first kappa shape index (κ1) is 25.3. The number of rotatable bonds is 10. The Hall–Kier alpha value is -3.98. The van der Waals surface area contributed by atoms with E-state index < -0.39 is 41.9 Å². The highest BCUT2D eigenvalue weighted by Crippen LogP contribution is 2.18. The summed E-state index contributed by atoms with van der Waals surface area (Å²) in [6.07, 6.45) is 0.640. The third-order valence-corrected chi connectivity index (χ3v) is 4.69. The molecule has 3 N–H and O–H groups in total. The molecule has 0 aliphatic rings. The minimum Gasteiger partial charge on any atom is -0.467 e. The van der Waals surface area contributed by atoms with Crippen molar-refractivity contribution in [2.75, 3.05) is 14.2 Å². The molecule has 0 fully saturated rings. The van der Waals surface area contributed by atoms with E-state index in [-0.39, 0.29) is 6.42 Å². The van der Waals surface area contributed by atoms with Crippen LogP contribution in [0.15, 0.2) is 72.8 Å². The Balaban J connectivity index is 2.20. The lowest BCUT2D eigenvalue weighted by Crippen LogP contribution is -2.50. The minimum atomic E-state index is -1.73. The fourth-order valence-electron chi connectivity index (χ4n) is 2.95. The summed E-state index contributed by atoms with van der Waals surface area (Å²) in [5.41, 5.74) is 0.844. The molecule has 3 atom stereocenters. The lowest BCUT2D eigenvalue weighted by molar-refractivity contribution is -0.146. The molecule has 0 aliphatic carbocycles. The molecule has 0 radical (unpaired) electrons. The van der Waals surface area contributed by atoms with Gasteiger partial charge in [0.15, 0.2) is 6.10 Å². The van der Waals surface area contributed by atoms with Crippen molar-refractivity contribution < 1.29 is 33.8 Å². The van der Waals surface area contributed by atoms with Crippen LogP contribution in [0.1, 0.15) is 28.4 Å². The van der Waals surface area contributed by atoms with Crippen molar-refractivity contribution in [3.63, 3.8) is 0 Å². The van der Waals surface area contributed by atoms with Gasteiger partial charge in [-0.25, -0.2) is 9.59 Å². The number of benzene rings is 2. The van der Waals surface area contributed by atoms with Crippen molar-refractivity contribution in [2.45, 2.75) is 24.6 Å². The summed E-state index contributed by atoms with van der Waals surface area (Å²) < 4.78 is 9.17. The molecule has 0 aromatic heterocycles. The summed E-state index contributed by atoms with van der Waals surface area (Å²) in [6.45, 7) is 0. The first-order valence-electron chi connectivity index (χ1n) is 10.1. The van der Waals surface area contributed by atoms with Crippen LogP contribution >= 0.6 is 0 Å². The van der Waals surface area contributed by atoms with Crippen LogP contribution in [0, 0.1) is 0 Å². The maximum Gasteiger partial charge on any atom is 0.330 e. The second-order valence-corrected chi connectivity index (χ2v) is 6.92. The molecule has 0 spiro atoms. The maximum absolute atomic E-state index is 12.8. The number of hydrogen-bond donors (Lipinski definition) is 3. The number of amides is 2. The Morgan fingerprint density at radius 3 is 2.09 bits per heavy atom. The van der Waals surface area contributed by atoms with Gasteiger partial charge in [0.05, 0.1) is 20.3 Å². The van der Waals surface area contributed by atoms with Crippen molar-refractivity contribution in [1.29, 1.82) is 0 Å². The molecule has 0 saturated carbocycles. The molecule has 0 saturated heterocycles. The van der Waals surface area contributed by atoms with E-state index in [1.807, 2.05) is 0 Å². The minimum absolute atomic E-state index is 0.0768. The van der Waals surface area contributed by atoms with Crippen molar-refractivity contribution in [3.8, 4) is 0 Å². The normalized spacial score (nSPS) is 13.4. The van der Waals surface area contributed by atoms with E-state index in [0.29, 0.717) is 11.1 Å². The predicted octanol–water partition coefficient (Wildman–Crippen LogP) is 1.30. The Kier molecular flexibility index (Phi) is 9.79. The number of carbonyl (C=O) groups excluding carboxylic acids is 4. The summed E-state index contributed by atoms with van der Waals surface area (Å²) in [5.74, 6) is -2.78. The Morgan fingerprint density at radius 1 is 0.909 bits per heavy atom. The van der Waals surface area contributed by atoms with Gasteiger partial charge < -0.3 is 25.2 Å². The van der Waals surface area contributed by atoms with Gasteiger partial charge in [-0.05, 0) is 24.1 Å². The molecular weight excluding hydrogens is 428 g/mol. The molecule has 33 heavy (non-hydrogen) atoms. The Morgan fingerprint density at radius 2 is 1.52 bits per heavy atom. The number of aliphatic hydroxyl groups excluding tert-OH is 1. The van der Waals surface area contributed by atoms with Gasteiger partial charge in [-0.15, -0.1) is 0 Å². The highest BCUT2D eigenvalue weighted by molar-refractivity contribution is 5.95. The molecule has 174 valence electrons. The number of nitrogens with one attached hydrogen (secondary N) is 2. The fourth-order valence-corrected chi connectivity index (χ4v) is 2.95. The molecule has 2 amide bonds. The van der Waals surface area contributed by atoms with Crippen molar-refractivity contribution in [1.82, 2.24) is 10.6 Å². The predicted molar refractivity (Wildman–Crippen MR) is 119 cm³/mol. The molecule has 2 rings (SSSR count). The standard InChI is InChI=1S/C24H26N2O7/c1-32-19(27)15-9-14-18(24(31)33-2)25-23(30)21(28)20(16-10-5-3-6-11-16)26-22(29)17-12-7-4-8-13-17/h3-13,15,18,20-21,28H,14H2,1-2H3,(H,25,30)(H,26,29)/b15-9+/t18-,20-,21+/m0/s1. The van der Waals surface area contributed by atoms with Crippen LogP contribution in [0.4, 0.5) is 0 Å². The van der Waals surface area contributed by atoms with Crippen LogP contribution in [0.3, 0.4) is 0 Å². The van der Waals surface area contributed by atoms with Gasteiger partial charge in [-0.2, -0.15) is 0 Å². The quantitative estimate of drug-likeness (QED) is 0.364. The molecule has 2 aromatic carbocycles. The summed E-state index contributed by atoms with van der Waals surface area (Å²) in [7, 11) is 2.35. The summed E-state index contributed by atoms with van der Waals surface area (Å²) in [5, 5.41) is 15.9. The van der Waals surface area contributed by atoms with Crippen LogP contribution < -0.4 is 10.6 Å². The van der Waals surface area contributed by atoms with Crippen LogP contribution in [0.25, 0.3) is 0 Å². The summed E-state index contributed by atoms with van der Waals surface area (Å²) >= 11 is 0. The first-order chi connectivity index (χ1) is 15.9. The highest BCUT2D eigenvalue weighted by atomic mass is 16.5. The number of carbonyl (C=O) groups is 4. The number of esters is 2. The van der Waals surface area contributed by atoms with Crippen molar-refractivity contribution in [2.24, 2.45) is 0 Å². The number of aliphatic hydroxyl groups is 1. The van der Waals surface area contributed by atoms with Gasteiger partial charge in [0.25, 0.3) is 11.8 Å². The van der Waals surface area contributed by atoms with Gasteiger partial charge in [0, 0.05) is 11.6 Å². The van der Waals surface area contributed by atoms with Crippen LogP contribution in [0.2, 0.25) is 0 Å². The molecule has 0 aliphatic heterocycles. The molecule has 2 aromatic rings. The Bertz CT molecular complexity index is 977. The molecule has 9 nitrogen and oxygen atoms in total. The first-order valence-corrected chi connectivity index (χ1v) is 10.1. The highest BCUT2D eigenvalue weighted by Gasteiger charge is 2.32. The second-order valence-electron chi connectivity index (χ2n) is 6.92. The SMILES string of the molecule is COC(=O)/C=C/C[C@H](NC(=O)[C@H](O)[C@@H](NC(=O)c1ccccc1)c1ccccc1)C(=O)OC. The summed E-state index contributed by atoms with van der Waals surface area (Å²) in [6, 6.07) is 14.6. The van der Waals surface area contributed by atoms with E-state index in [2.05, 4.69) is 20.1 Å². The molecular formula is C24H26N2O7. The van der Waals surface area contributed by atoms with Crippen molar-refractivity contribution >= 4 is 23.8 Å². The van der Waals surface area contributed by atoms with Crippen LogP contribution in [0.5, 0.6) is 0 Å². The third-order valence-electron chi connectivity index (χ3n) is 4.69. The topological polar surface area (TPSA) is 131 Å². The van der Waals surface area contributed by atoms with E-state index in [0.717, 1.165) is 13.2 Å². The molecule has 0 unspecified atom stereocenters. The average molecular weight is 454 g/mol. The van der Waals surface area contributed by atoms with E-state index in [9.17, 15) is 24.3 Å². The zero-order chi connectivity index (χ0) is 24.2. The smallest absolute Gasteiger partial charge is 0.330 e. The molecule has 0 bridgehead atoms. The van der Waals surface area contributed by atoms with Crippen molar-refractivity contribution in [3.05, 3.63) is 83.9 Å². The second kappa shape index (κ2) is 12.8. The third kappa shape index (κ3) is 7.58. The monoisotopic (exact) mass is 454 g/mol. The molecule has 0 heterocycles. The van der Waals surface area contributed by atoms with Gasteiger partial charge in [-0.1, -0.05) is 54.6 Å². The summed E-state index contributed by atoms with van der Waals surface area (Å²) in [4.78, 5) is 48.8. The van der Waals surface area contributed by atoms with Gasteiger partial charge in [-0.3, -0.25) is 9.59 Å². The van der Waals surface area contributed by atoms with Gasteiger partial charge in [0.1, 0.15) is 6.04 Å². The maximum atomic E-state index is 12.8. The fraction of sp³-hybridized carbons (Fsp3) is 0.250. The molecule has 9 heteroatoms. The number of ether oxygens (including phenoxy) is 2. The van der Waals surface area contributed by atoms with Crippen LogP contribution in [-0.2, 0) is 23.9 Å². The van der Waals surface area contributed by atoms with Crippen LogP contribution in [-0.4, -0.2) is 55.2 Å². The van der Waals surface area contributed by atoms with E-state index in [1.54, 1.807) is 60.7 Å².